The zero-order valence-corrected chi connectivity index (χ0v) is 12.5. The third-order valence-electron chi connectivity index (χ3n) is 3.21. The minimum Gasteiger partial charge on any atom is -0.497 e. The quantitative estimate of drug-likeness (QED) is 0.916. The molecule has 1 atom stereocenters. The number of hydrogen-bond donors (Lipinski definition) is 1. The van der Waals surface area contributed by atoms with Crippen LogP contribution in [-0.2, 0) is 0 Å². The summed E-state index contributed by atoms with van der Waals surface area (Å²) in [6.07, 6.45) is 0. The number of methoxy groups -OCH3 is 1. The first-order valence-electron chi connectivity index (χ1n) is 6.33. The summed E-state index contributed by atoms with van der Waals surface area (Å²) in [7, 11) is 3.31. The molecule has 0 saturated carbocycles. The molecule has 2 nitrogen and oxygen atoms in total. The van der Waals surface area contributed by atoms with E-state index in [1.54, 1.807) is 19.2 Å². The Kier molecular flexibility index (Phi) is 4.63. The van der Waals surface area contributed by atoms with Crippen molar-refractivity contribution < 1.29 is 9.13 Å². The van der Waals surface area contributed by atoms with E-state index in [1.165, 1.54) is 13.2 Å². The first-order valence-corrected chi connectivity index (χ1v) is 6.70. The molecule has 0 aliphatic heterocycles. The first-order chi connectivity index (χ1) is 9.55. The smallest absolute Gasteiger partial charge is 0.132 e. The monoisotopic (exact) mass is 293 g/mol. The van der Waals surface area contributed by atoms with Crippen molar-refractivity contribution in [2.24, 2.45) is 0 Å². The second-order valence-electron chi connectivity index (χ2n) is 4.67. The lowest BCUT2D eigenvalue weighted by Crippen LogP contribution is -2.19. The summed E-state index contributed by atoms with van der Waals surface area (Å²) in [5.41, 5.74) is 2.54. The number of halogens is 2. The Morgan fingerprint density at radius 2 is 1.95 bits per heavy atom. The lowest BCUT2D eigenvalue weighted by Gasteiger charge is -2.19. The van der Waals surface area contributed by atoms with E-state index in [1.807, 2.05) is 25.1 Å². The minimum absolute atomic E-state index is 0.252. The van der Waals surface area contributed by atoms with Crippen LogP contribution >= 0.6 is 11.6 Å². The SMILES string of the molecule is CNC(c1cc(C)cc(Cl)c1)c1ccc(OC)cc1F. The molecule has 0 spiro atoms. The van der Waals surface area contributed by atoms with Crippen LogP contribution in [0, 0.1) is 12.7 Å². The van der Waals surface area contributed by atoms with E-state index in [0.717, 1.165) is 11.1 Å². The fourth-order valence-corrected chi connectivity index (χ4v) is 2.60. The maximum Gasteiger partial charge on any atom is 0.132 e. The van der Waals surface area contributed by atoms with Gasteiger partial charge in [-0.2, -0.15) is 0 Å². The summed E-state index contributed by atoms with van der Waals surface area (Å²) in [4.78, 5) is 0. The molecule has 1 N–H and O–H groups in total. The number of nitrogens with one attached hydrogen (secondary N) is 1. The maximum absolute atomic E-state index is 14.2. The van der Waals surface area contributed by atoms with Crippen molar-refractivity contribution in [2.45, 2.75) is 13.0 Å². The number of benzene rings is 2. The van der Waals surface area contributed by atoms with Crippen molar-refractivity contribution in [3.63, 3.8) is 0 Å². The predicted molar refractivity (Wildman–Crippen MR) is 80.0 cm³/mol. The summed E-state index contributed by atoms with van der Waals surface area (Å²) in [5.74, 6) is 0.199. The van der Waals surface area contributed by atoms with E-state index in [2.05, 4.69) is 5.32 Å². The highest BCUT2D eigenvalue weighted by Crippen LogP contribution is 2.29. The fraction of sp³-hybridized carbons (Fsp3) is 0.250. The Morgan fingerprint density at radius 1 is 1.20 bits per heavy atom. The number of rotatable bonds is 4. The van der Waals surface area contributed by atoms with Crippen LogP contribution in [0.4, 0.5) is 4.39 Å². The number of ether oxygens (including phenoxy) is 1. The highest BCUT2D eigenvalue weighted by molar-refractivity contribution is 6.30. The molecule has 0 aromatic heterocycles. The molecule has 0 heterocycles. The Morgan fingerprint density at radius 3 is 2.50 bits per heavy atom. The second kappa shape index (κ2) is 6.25. The van der Waals surface area contributed by atoms with Crippen LogP contribution < -0.4 is 10.1 Å². The lowest BCUT2D eigenvalue weighted by atomic mass is 9.97. The van der Waals surface area contributed by atoms with Gasteiger partial charge in [-0.25, -0.2) is 4.39 Å². The van der Waals surface area contributed by atoms with Crippen LogP contribution in [0.2, 0.25) is 5.02 Å². The minimum atomic E-state index is -0.304. The molecular formula is C16H17ClFNO. The maximum atomic E-state index is 14.2. The molecule has 2 aromatic carbocycles. The van der Waals surface area contributed by atoms with Crippen molar-refractivity contribution in [3.05, 3.63) is 63.9 Å². The van der Waals surface area contributed by atoms with Gasteiger partial charge >= 0.3 is 0 Å². The van der Waals surface area contributed by atoms with Gasteiger partial charge < -0.3 is 10.1 Å². The van der Waals surface area contributed by atoms with Crippen LogP contribution in [0.25, 0.3) is 0 Å². The molecule has 0 bridgehead atoms. The van der Waals surface area contributed by atoms with Crippen molar-refractivity contribution >= 4 is 11.6 Å². The third kappa shape index (κ3) is 3.11. The lowest BCUT2D eigenvalue weighted by molar-refractivity contribution is 0.410. The van der Waals surface area contributed by atoms with Gasteiger partial charge in [0.1, 0.15) is 11.6 Å². The molecule has 2 rings (SSSR count). The van der Waals surface area contributed by atoms with Gasteiger partial charge in [0, 0.05) is 16.7 Å². The molecule has 0 aliphatic carbocycles. The molecule has 1 unspecified atom stereocenters. The van der Waals surface area contributed by atoms with Gasteiger partial charge in [0.05, 0.1) is 13.2 Å². The summed E-state index contributed by atoms with van der Waals surface area (Å²) in [6.45, 7) is 1.96. The zero-order valence-electron chi connectivity index (χ0n) is 11.7. The standard InChI is InChI=1S/C16H17ClFNO/c1-10-6-11(8-12(17)7-10)16(19-2)14-5-4-13(20-3)9-15(14)18/h4-9,16,19H,1-3H3. The van der Waals surface area contributed by atoms with Gasteiger partial charge in [0.15, 0.2) is 0 Å². The average Bonchev–Trinajstić information content (AvgIpc) is 2.40. The number of aryl methyl sites for hydroxylation is 1. The second-order valence-corrected chi connectivity index (χ2v) is 5.11. The Bertz CT molecular complexity index is 595. The Hall–Kier alpha value is -1.58. The summed E-state index contributed by atoms with van der Waals surface area (Å²) < 4.78 is 19.2. The van der Waals surface area contributed by atoms with Crippen LogP contribution in [0.5, 0.6) is 5.75 Å². The highest BCUT2D eigenvalue weighted by atomic mass is 35.5. The molecule has 0 aliphatic rings. The van der Waals surface area contributed by atoms with Gasteiger partial charge in [-0.3, -0.25) is 0 Å². The zero-order chi connectivity index (χ0) is 14.7. The fourth-order valence-electron chi connectivity index (χ4n) is 2.30. The molecule has 0 fully saturated rings. The molecular weight excluding hydrogens is 277 g/mol. The van der Waals surface area contributed by atoms with Crippen LogP contribution in [-0.4, -0.2) is 14.2 Å². The van der Waals surface area contributed by atoms with E-state index >= 15 is 0 Å². The first kappa shape index (κ1) is 14.8. The van der Waals surface area contributed by atoms with Gasteiger partial charge in [-0.1, -0.05) is 23.7 Å². The van der Waals surface area contributed by atoms with Crippen LogP contribution in [0.3, 0.4) is 0 Å². The number of hydrogen-bond acceptors (Lipinski definition) is 2. The van der Waals surface area contributed by atoms with Crippen LogP contribution in [0.15, 0.2) is 36.4 Å². The van der Waals surface area contributed by atoms with Crippen molar-refractivity contribution in [1.29, 1.82) is 0 Å². The average molecular weight is 294 g/mol. The van der Waals surface area contributed by atoms with E-state index in [0.29, 0.717) is 16.3 Å². The van der Waals surface area contributed by atoms with E-state index < -0.39 is 0 Å². The summed E-state index contributed by atoms with van der Waals surface area (Å²) in [5, 5.41) is 3.78. The topological polar surface area (TPSA) is 21.3 Å². The molecule has 0 saturated heterocycles. The highest BCUT2D eigenvalue weighted by Gasteiger charge is 2.17. The molecule has 0 amide bonds. The Balaban J connectivity index is 2.46. The predicted octanol–water partition coefficient (Wildman–Crippen LogP) is 4.10. The molecule has 2 aromatic rings. The van der Waals surface area contributed by atoms with Gasteiger partial charge in [-0.15, -0.1) is 0 Å². The largest absolute Gasteiger partial charge is 0.497 e. The molecule has 106 valence electrons. The van der Waals surface area contributed by atoms with E-state index in [-0.39, 0.29) is 11.9 Å². The molecule has 20 heavy (non-hydrogen) atoms. The van der Waals surface area contributed by atoms with Gasteiger partial charge in [0.2, 0.25) is 0 Å². The van der Waals surface area contributed by atoms with Gasteiger partial charge in [0.25, 0.3) is 0 Å². The van der Waals surface area contributed by atoms with E-state index in [9.17, 15) is 4.39 Å². The van der Waals surface area contributed by atoms with Crippen molar-refractivity contribution in [3.8, 4) is 5.75 Å². The summed E-state index contributed by atoms with van der Waals surface area (Å²) in [6, 6.07) is 10.3. The molecule has 0 radical (unpaired) electrons. The Labute approximate surface area is 123 Å². The van der Waals surface area contributed by atoms with Crippen molar-refractivity contribution in [1.82, 2.24) is 5.32 Å². The van der Waals surface area contributed by atoms with E-state index in [4.69, 9.17) is 16.3 Å². The summed E-state index contributed by atoms with van der Waals surface area (Å²) >= 11 is 6.08. The van der Waals surface area contributed by atoms with Gasteiger partial charge in [-0.05, 0) is 43.3 Å². The van der Waals surface area contributed by atoms with Crippen LogP contribution in [0.1, 0.15) is 22.7 Å². The third-order valence-corrected chi connectivity index (χ3v) is 3.42. The normalized spacial score (nSPS) is 12.2. The molecule has 4 heteroatoms. The van der Waals surface area contributed by atoms with Crippen molar-refractivity contribution in [2.75, 3.05) is 14.2 Å².